The van der Waals surface area contributed by atoms with Crippen LogP contribution in [0.5, 0.6) is 0 Å². The average molecular weight is 316 g/mol. The minimum atomic E-state index is -0.370. The molecular weight excluding hydrogens is 292 g/mol. The third-order valence-corrected chi connectivity index (χ3v) is 4.55. The first-order chi connectivity index (χ1) is 11.2. The number of anilines is 1. The number of para-hydroxylation sites is 1. The highest BCUT2D eigenvalue weighted by Gasteiger charge is 2.35. The lowest BCUT2D eigenvalue weighted by molar-refractivity contribution is -0.138. The van der Waals surface area contributed by atoms with Crippen LogP contribution >= 0.6 is 0 Å². The summed E-state index contributed by atoms with van der Waals surface area (Å²) < 4.78 is 5.82. The molecule has 5 heteroatoms. The summed E-state index contributed by atoms with van der Waals surface area (Å²) in [6, 6.07) is 7.59. The summed E-state index contributed by atoms with van der Waals surface area (Å²) >= 11 is 0. The van der Waals surface area contributed by atoms with Gasteiger partial charge in [-0.25, -0.2) is 0 Å². The van der Waals surface area contributed by atoms with Gasteiger partial charge < -0.3 is 15.0 Å². The largest absolute Gasteiger partial charge is 0.376 e. The molecule has 5 nitrogen and oxygen atoms in total. The van der Waals surface area contributed by atoms with Gasteiger partial charge in [-0.15, -0.1) is 0 Å². The summed E-state index contributed by atoms with van der Waals surface area (Å²) in [6.45, 7) is 4.22. The maximum atomic E-state index is 13.0. The molecule has 1 fully saturated rings. The lowest BCUT2D eigenvalue weighted by Gasteiger charge is -2.36. The zero-order valence-corrected chi connectivity index (χ0v) is 13.6. The molecule has 0 aromatic heterocycles. The van der Waals surface area contributed by atoms with Crippen molar-refractivity contribution in [3.63, 3.8) is 0 Å². The van der Waals surface area contributed by atoms with E-state index in [1.807, 2.05) is 29.2 Å². The molecule has 0 bridgehead atoms. The Labute approximate surface area is 137 Å². The summed E-state index contributed by atoms with van der Waals surface area (Å²) in [5, 5.41) is 2.85. The van der Waals surface area contributed by atoms with Crippen LogP contribution in [0.25, 0.3) is 0 Å². The van der Waals surface area contributed by atoms with Crippen molar-refractivity contribution in [2.75, 3.05) is 25.0 Å². The number of carbonyl (C=O) groups is 2. The van der Waals surface area contributed by atoms with Gasteiger partial charge in [0.25, 0.3) is 0 Å². The van der Waals surface area contributed by atoms with Crippen LogP contribution in [0.3, 0.4) is 0 Å². The average Bonchev–Trinajstić information content (AvgIpc) is 2.58. The molecule has 1 saturated heterocycles. The second-order valence-electron chi connectivity index (χ2n) is 6.31. The highest BCUT2D eigenvalue weighted by molar-refractivity contribution is 6.01. The van der Waals surface area contributed by atoms with Crippen LogP contribution in [-0.2, 0) is 14.3 Å². The standard InChI is InChI=1S/C18H24N2O3/c1-2-10-23-13-6-5-9-20(12-13)18(22)15-11-17(21)19-16-8-4-3-7-14(15)16/h3-4,7-8,13,15H,2,5-6,9-12H2,1H3,(H,19,21)/t13-,15-/m1/s1. The molecule has 0 unspecified atom stereocenters. The molecule has 2 amide bonds. The maximum Gasteiger partial charge on any atom is 0.230 e. The van der Waals surface area contributed by atoms with E-state index in [0.29, 0.717) is 6.54 Å². The number of likely N-dealkylation sites (tertiary alicyclic amines) is 1. The van der Waals surface area contributed by atoms with Crippen molar-refractivity contribution in [3.8, 4) is 0 Å². The van der Waals surface area contributed by atoms with Gasteiger partial charge in [-0.3, -0.25) is 9.59 Å². The minimum Gasteiger partial charge on any atom is -0.376 e. The fraction of sp³-hybridized carbons (Fsp3) is 0.556. The predicted molar refractivity (Wildman–Crippen MR) is 88.3 cm³/mol. The van der Waals surface area contributed by atoms with Gasteiger partial charge in [0, 0.05) is 31.8 Å². The van der Waals surface area contributed by atoms with Crippen molar-refractivity contribution < 1.29 is 14.3 Å². The number of amides is 2. The van der Waals surface area contributed by atoms with Crippen molar-refractivity contribution in [2.45, 2.75) is 44.6 Å². The normalized spacial score (nSPS) is 24.0. The van der Waals surface area contributed by atoms with Crippen LogP contribution in [-0.4, -0.2) is 42.5 Å². The number of hydrogen-bond donors (Lipinski definition) is 1. The Kier molecular flexibility index (Phi) is 4.96. The minimum absolute atomic E-state index is 0.0529. The molecule has 1 aromatic carbocycles. The van der Waals surface area contributed by atoms with E-state index in [4.69, 9.17) is 4.74 Å². The molecule has 0 saturated carbocycles. The van der Waals surface area contributed by atoms with Crippen LogP contribution in [0, 0.1) is 0 Å². The van der Waals surface area contributed by atoms with E-state index < -0.39 is 0 Å². The molecule has 3 rings (SSSR count). The van der Waals surface area contributed by atoms with Crippen LogP contribution in [0.15, 0.2) is 24.3 Å². The number of piperidine rings is 1. The number of ether oxygens (including phenoxy) is 1. The van der Waals surface area contributed by atoms with Crippen LogP contribution < -0.4 is 5.32 Å². The zero-order chi connectivity index (χ0) is 16.2. The maximum absolute atomic E-state index is 13.0. The third kappa shape index (κ3) is 3.55. The van der Waals surface area contributed by atoms with Crippen molar-refractivity contribution in [1.29, 1.82) is 0 Å². The van der Waals surface area contributed by atoms with Gasteiger partial charge in [0.2, 0.25) is 11.8 Å². The number of fused-ring (bicyclic) bond motifs is 1. The molecule has 0 aliphatic carbocycles. The van der Waals surface area contributed by atoms with E-state index in [0.717, 1.165) is 43.7 Å². The van der Waals surface area contributed by atoms with Crippen molar-refractivity contribution in [3.05, 3.63) is 29.8 Å². The fourth-order valence-electron chi connectivity index (χ4n) is 3.41. The van der Waals surface area contributed by atoms with Crippen LogP contribution in [0.4, 0.5) is 5.69 Å². The smallest absolute Gasteiger partial charge is 0.230 e. The monoisotopic (exact) mass is 316 g/mol. The summed E-state index contributed by atoms with van der Waals surface area (Å²) in [7, 11) is 0. The molecule has 124 valence electrons. The predicted octanol–water partition coefficient (Wildman–Crippen LogP) is 2.53. The van der Waals surface area contributed by atoms with E-state index in [2.05, 4.69) is 12.2 Å². The lowest BCUT2D eigenvalue weighted by Crippen LogP contribution is -2.46. The Hall–Kier alpha value is -1.88. The first-order valence-electron chi connectivity index (χ1n) is 8.48. The van der Waals surface area contributed by atoms with E-state index in [1.165, 1.54) is 0 Å². The van der Waals surface area contributed by atoms with Gasteiger partial charge in [-0.1, -0.05) is 25.1 Å². The molecule has 1 aromatic rings. The molecule has 1 N–H and O–H groups in total. The molecule has 2 aliphatic heterocycles. The Balaban J connectivity index is 1.74. The lowest BCUT2D eigenvalue weighted by atomic mass is 9.88. The van der Waals surface area contributed by atoms with Crippen molar-refractivity contribution >= 4 is 17.5 Å². The number of hydrogen-bond acceptors (Lipinski definition) is 3. The number of rotatable bonds is 4. The molecule has 0 radical (unpaired) electrons. The number of nitrogens with zero attached hydrogens (tertiary/aromatic N) is 1. The van der Waals surface area contributed by atoms with Gasteiger partial charge in [-0.2, -0.15) is 0 Å². The number of nitrogens with one attached hydrogen (secondary N) is 1. The molecular formula is C18H24N2O3. The Bertz CT molecular complexity index is 587. The SMILES string of the molecule is CCCO[C@@H]1CCCN(C(=O)[C@@H]2CC(=O)Nc3ccccc32)C1. The quantitative estimate of drug-likeness (QED) is 0.928. The molecule has 2 aliphatic rings. The van der Waals surface area contributed by atoms with Crippen LogP contribution in [0.1, 0.15) is 44.1 Å². The first-order valence-corrected chi connectivity index (χ1v) is 8.48. The number of carbonyl (C=O) groups excluding carboxylic acids is 2. The van der Waals surface area contributed by atoms with Crippen molar-refractivity contribution in [1.82, 2.24) is 4.90 Å². The second-order valence-corrected chi connectivity index (χ2v) is 6.31. The Morgan fingerprint density at radius 3 is 3.04 bits per heavy atom. The topological polar surface area (TPSA) is 58.6 Å². The number of benzene rings is 1. The first kappa shape index (κ1) is 16.0. The fourth-order valence-corrected chi connectivity index (χ4v) is 3.41. The second kappa shape index (κ2) is 7.13. The summed E-state index contributed by atoms with van der Waals surface area (Å²) in [4.78, 5) is 26.8. The van der Waals surface area contributed by atoms with Gasteiger partial charge >= 0.3 is 0 Å². The summed E-state index contributed by atoms with van der Waals surface area (Å²) in [6.07, 6.45) is 3.31. The molecule has 2 atom stereocenters. The Morgan fingerprint density at radius 2 is 2.22 bits per heavy atom. The van der Waals surface area contributed by atoms with E-state index in [9.17, 15) is 9.59 Å². The van der Waals surface area contributed by atoms with E-state index in [1.54, 1.807) is 0 Å². The molecule has 2 heterocycles. The van der Waals surface area contributed by atoms with Gasteiger partial charge in [0.15, 0.2) is 0 Å². The highest BCUT2D eigenvalue weighted by Crippen LogP contribution is 2.34. The Morgan fingerprint density at radius 1 is 1.39 bits per heavy atom. The summed E-state index contributed by atoms with van der Waals surface area (Å²) in [5.74, 6) is -0.403. The van der Waals surface area contributed by atoms with E-state index >= 15 is 0 Å². The highest BCUT2D eigenvalue weighted by atomic mass is 16.5. The van der Waals surface area contributed by atoms with Gasteiger partial charge in [0.05, 0.1) is 12.0 Å². The van der Waals surface area contributed by atoms with Gasteiger partial charge in [0.1, 0.15) is 0 Å². The van der Waals surface area contributed by atoms with Crippen molar-refractivity contribution in [2.24, 2.45) is 0 Å². The van der Waals surface area contributed by atoms with E-state index in [-0.39, 0.29) is 30.3 Å². The van der Waals surface area contributed by atoms with Crippen LogP contribution in [0.2, 0.25) is 0 Å². The molecule has 23 heavy (non-hydrogen) atoms. The third-order valence-electron chi connectivity index (χ3n) is 4.55. The van der Waals surface area contributed by atoms with Gasteiger partial charge in [-0.05, 0) is 30.9 Å². The summed E-state index contributed by atoms with van der Waals surface area (Å²) in [5.41, 5.74) is 1.69. The zero-order valence-electron chi connectivity index (χ0n) is 13.6. The molecule has 0 spiro atoms.